The SMILES string of the molecule is O=C(O)c1cccc(NC[C@H]2SC(=S)NC2=O)c1. The van der Waals surface area contributed by atoms with E-state index >= 15 is 0 Å². The van der Waals surface area contributed by atoms with Crippen molar-refractivity contribution in [3.63, 3.8) is 0 Å². The van der Waals surface area contributed by atoms with Crippen LogP contribution in [0.2, 0.25) is 0 Å². The van der Waals surface area contributed by atoms with E-state index in [2.05, 4.69) is 10.6 Å². The Morgan fingerprint density at radius 2 is 2.33 bits per heavy atom. The first-order valence-corrected chi connectivity index (χ1v) is 6.44. The molecule has 0 saturated carbocycles. The van der Waals surface area contributed by atoms with Gasteiger partial charge >= 0.3 is 5.97 Å². The maximum absolute atomic E-state index is 11.4. The molecule has 1 heterocycles. The lowest BCUT2D eigenvalue weighted by Gasteiger charge is -2.09. The number of aromatic carboxylic acids is 1. The second-order valence-corrected chi connectivity index (χ2v) is 5.53. The molecule has 94 valence electrons. The Kier molecular flexibility index (Phi) is 3.83. The van der Waals surface area contributed by atoms with E-state index in [-0.39, 0.29) is 16.7 Å². The minimum absolute atomic E-state index is 0.119. The molecule has 0 spiro atoms. The van der Waals surface area contributed by atoms with Crippen LogP contribution in [0.4, 0.5) is 5.69 Å². The smallest absolute Gasteiger partial charge is 0.335 e. The van der Waals surface area contributed by atoms with Crippen molar-refractivity contribution in [3.8, 4) is 0 Å². The Balaban J connectivity index is 1.98. The fourth-order valence-electron chi connectivity index (χ4n) is 1.50. The van der Waals surface area contributed by atoms with Crippen molar-refractivity contribution >= 4 is 45.9 Å². The van der Waals surface area contributed by atoms with Crippen molar-refractivity contribution in [1.29, 1.82) is 0 Å². The fraction of sp³-hybridized carbons (Fsp3) is 0.182. The lowest BCUT2D eigenvalue weighted by atomic mass is 10.2. The molecule has 0 unspecified atom stereocenters. The second-order valence-electron chi connectivity index (χ2n) is 3.65. The molecule has 0 radical (unpaired) electrons. The molecular weight excluding hydrogens is 272 g/mol. The summed E-state index contributed by atoms with van der Waals surface area (Å²) in [6.07, 6.45) is 0. The summed E-state index contributed by atoms with van der Waals surface area (Å²) >= 11 is 6.18. The van der Waals surface area contributed by atoms with Crippen LogP contribution >= 0.6 is 24.0 Å². The van der Waals surface area contributed by atoms with E-state index in [9.17, 15) is 9.59 Å². The summed E-state index contributed by atoms with van der Waals surface area (Å²) < 4.78 is 0.478. The zero-order valence-electron chi connectivity index (χ0n) is 9.17. The summed E-state index contributed by atoms with van der Waals surface area (Å²) in [7, 11) is 0. The number of nitrogens with one attached hydrogen (secondary N) is 2. The Morgan fingerprint density at radius 3 is 2.94 bits per heavy atom. The third-order valence-electron chi connectivity index (χ3n) is 2.37. The summed E-state index contributed by atoms with van der Waals surface area (Å²) in [6.45, 7) is 0.402. The van der Waals surface area contributed by atoms with E-state index in [1.807, 2.05) is 0 Å². The highest BCUT2D eigenvalue weighted by atomic mass is 32.2. The number of hydrogen-bond acceptors (Lipinski definition) is 5. The lowest BCUT2D eigenvalue weighted by molar-refractivity contribution is -0.118. The number of carboxylic acid groups (broad SMARTS) is 1. The number of carbonyl (C=O) groups is 2. The van der Waals surface area contributed by atoms with Crippen LogP contribution in [0.3, 0.4) is 0 Å². The highest BCUT2D eigenvalue weighted by Crippen LogP contribution is 2.20. The number of carbonyl (C=O) groups excluding carboxylic acids is 1. The predicted molar refractivity (Wildman–Crippen MR) is 74.0 cm³/mol. The first-order valence-electron chi connectivity index (χ1n) is 5.15. The molecule has 1 atom stereocenters. The van der Waals surface area contributed by atoms with E-state index in [0.29, 0.717) is 16.6 Å². The monoisotopic (exact) mass is 282 g/mol. The van der Waals surface area contributed by atoms with E-state index < -0.39 is 5.97 Å². The number of benzene rings is 1. The fourth-order valence-corrected chi connectivity index (χ4v) is 2.70. The molecule has 1 aliphatic rings. The number of carboxylic acids is 1. The summed E-state index contributed by atoms with van der Waals surface area (Å²) in [4.78, 5) is 22.2. The van der Waals surface area contributed by atoms with Gasteiger partial charge in [-0.05, 0) is 18.2 Å². The maximum Gasteiger partial charge on any atom is 0.335 e. The molecule has 1 amide bonds. The first kappa shape index (κ1) is 12.8. The van der Waals surface area contributed by atoms with Crippen LogP contribution in [-0.4, -0.2) is 33.1 Å². The number of rotatable bonds is 4. The van der Waals surface area contributed by atoms with Gasteiger partial charge in [-0.2, -0.15) is 0 Å². The summed E-state index contributed by atoms with van der Waals surface area (Å²) in [5.41, 5.74) is 0.875. The molecule has 1 fully saturated rings. The van der Waals surface area contributed by atoms with Crippen molar-refractivity contribution in [1.82, 2.24) is 5.32 Å². The number of thioether (sulfide) groups is 1. The lowest BCUT2D eigenvalue weighted by Crippen LogP contribution is -2.28. The molecule has 1 aromatic rings. The molecule has 7 heteroatoms. The number of anilines is 1. The predicted octanol–water partition coefficient (Wildman–Crippen LogP) is 1.31. The van der Waals surface area contributed by atoms with Gasteiger partial charge < -0.3 is 15.7 Å². The molecule has 5 nitrogen and oxygen atoms in total. The topological polar surface area (TPSA) is 78.4 Å². The van der Waals surface area contributed by atoms with E-state index in [0.717, 1.165) is 0 Å². The first-order chi connectivity index (χ1) is 8.56. The van der Waals surface area contributed by atoms with E-state index in [1.54, 1.807) is 12.1 Å². The molecule has 0 aliphatic carbocycles. The minimum Gasteiger partial charge on any atom is -0.478 e. The average Bonchev–Trinajstić information content (AvgIpc) is 2.65. The molecule has 0 aromatic heterocycles. The van der Waals surface area contributed by atoms with Gasteiger partial charge in [-0.1, -0.05) is 30.0 Å². The van der Waals surface area contributed by atoms with Gasteiger partial charge in [0.05, 0.1) is 5.56 Å². The van der Waals surface area contributed by atoms with Crippen molar-refractivity contribution in [2.24, 2.45) is 0 Å². The third kappa shape index (κ3) is 2.99. The van der Waals surface area contributed by atoms with Gasteiger partial charge in [0.15, 0.2) is 0 Å². The van der Waals surface area contributed by atoms with Crippen LogP contribution in [0.5, 0.6) is 0 Å². The molecule has 18 heavy (non-hydrogen) atoms. The number of amides is 1. The second kappa shape index (κ2) is 5.36. The Morgan fingerprint density at radius 1 is 1.56 bits per heavy atom. The van der Waals surface area contributed by atoms with Crippen LogP contribution < -0.4 is 10.6 Å². The van der Waals surface area contributed by atoms with Crippen molar-refractivity contribution in [2.45, 2.75) is 5.25 Å². The molecule has 1 aliphatic heterocycles. The highest BCUT2D eigenvalue weighted by molar-refractivity contribution is 8.24. The molecule has 2 rings (SSSR count). The van der Waals surface area contributed by atoms with Gasteiger partial charge in [0.2, 0.25) is 5.91 Å². The molecule has 0 bridgehead atoms. The highest BCUT2D eigenvalue weighted by Gasteiger charge is 2.28. The van der Waals surface area contributed by atoms with Gasteiger partial charge in [0, 0.05) is 12.2 Å². The number of hydrogen-bond donors (Lipinski definition) is 3. The van der Waals surface area contributed by atoms with Crippen LogP contribution in [0.1, 0.15) is 10.4 Å². The molecule has 1 saturated heterocycles. The van der Waals surface area contributed by atoms with Crippen molar-refractivity contribution in [3.05, 3.63) is 29.8 Å². The van der Waals surface area contributed by atoms with Gasteiger partial charge in [0.25, 0.3) is 0 Å². The average molecular weight is 282 g/mol. The van der Waals surface area contributed by atoms with Gasteiger partial charge in [-0.15, -0.1) is 0 Å². The van der Waals surface area contributed by atoms with E-state index in [4.69, 9.17) is 17.3 Å². The molecular formula is C11H10N2O3S2. The van der Waals surface area contributed by atoms with Gasteiger partial charge in [-0.25, -0.2) is 4.79 Å². The van der Waals surface area contributed by atoms with E-state index in [1.165, 1.54) is 23.9 Å². The third-order valence-corrected chi connectivity index (χ3v) is 3.74. The summed E-state index contributed by atoms with van der Waals surface area (Å²) in [5, 5.41) is 14.2. The number of thiocarbonyl (C=S) groups is 1. The molecule has 1 aromatic carbocycles. The van der Waals surface area contributed by atoms with Crippen molar-refractivity contribution in [2.75, 3.05) is 11.9 Å². The maximum atomic E-state index is 11.4. The molecule has 3 N–H and O–H groups in total. The summed E-state index contributed by atoms with van der Waals surface area (Å²) in [6, 6.07) is 6.44. The van der Waals surface area contributed by atoms with Gasteiger partial charge in [-0.3, -0.25) is 4.79 Å². The van der Waals surface area contributed by atoms with Gasteiger partial charge in [0.1, 0.15) is 9.57 Å². The normalized spacial score (nSPS) is 18.6. The Labute approximate surface area is 113 Å². The largest absolute Gasteiger partial charge is 0.478 e. The zero-order valence-corrected chi connectivity index (χ0v) is 10.8. The standard InChI is InChI=1S/C11H10N2O3S2/c14-9-8(18-11(17)13-9)5-12-7-3-1-2-6(4-7)10(15)16/h1-4,8,12H,5H2,(H,15,16)(H,13,14,17)/t8-/m1/s1. The summed E-state index contributed by atoms with van der Waals surface area (Å²) in [5.74, 6) is -1.10. The van der Waals surface area contributed by atoms with Crippen LogP contribution in [0.15, 0.2) is 24.3 Å². The Hall–Kier alpha value is -1.60. The quantitative estimate of drug-likeness (QED) is 0.723. The zero-order chi connectivity index (χ0) is 13.1. The van der Waals surface area contributed by atoms with Crippen molar-refractivity contribution < 1.29 is 14.7 Å². The van der Waals surface area contributed by atoms with Crippen LogP contribution in [0, 0.1) is 0 Å². The Bertz CT molecular complexity index is 519. The minimum atomic E-state index is -0.979. The van der Waals surface area contributed by atoms with Crippen LogP contribution in [-0.2, 0) is 4.79 Å². The van der Waals surface area contributed by atoms with Crippen LogP contribution in [0.25, 0.3) is 0 Å².